The van der Waals surface area contributed by atoms with Crippen molar-refractivity contribution in [2.24, 2.45) is 0 Å². The summed E-state index contributed by atoms with van der Waals surface area (Å²) in [6, 6.07) is 12.7. The van der Waals surface area contributed by atoms with Gasteiger partial charge in [0, 0.05) is 16.8 Å². The minimum Gasteiger partial charge on any atom is -0.340 e. The van der Waals surface area contributed by atoms with Crippen molar-refractivity contribution in [1.82, 2.24) is 10.3 Å². The van der Waals surface area contributed by atoms with Crippen LogP contribution in [-0.2, 0) is 12.9 Å². The Kier molecular flexibility index (Phi) is 6.17. The molecule has 2 aromatic carbocycles. The number of carbonyl (C=O) groups is 1. The molecule has 3 aromatic rings. The molecule has 1 amide bonds. The van der Waals surface area contributed by atoms with Crippen molar-refractivity contribution in [3.05, 3.63) is 99.8 Å². The molecule has 0 fully saturated rings. The maximum atomic E-state index is 13.5. The summed E-state index contributed by atoms with van der Waals surface area (Å²) in [7, 11) is 0. The van der Waals surface area contributed by atoms with Crippen molar-refractivity contribution in [2.75, 3.05) is 0 Å². The Morgan fingerprint density at radius 3 is 2.28 bits per heavy atom. The van der Waals surface area contributed by atoms with E-state index in [1.54, 1.807) is 0 Å². The lowest BCUT2D eigenvalue weighted by atomic mass is 9.97. The molecule has 8 heteroatoms. The fourth-order valence-corrected chi connectivity index (χ4v) is 2.94. The zero-order chi connectivity index (χ0) is 21.0. The van der Waals surface area contributed by atoms with Gasteiger partial charge in [0.2, 0.25) is 0 Å². The standard InChI is InChI=1S/C21H15ClF4N2O/c22-16-9-7-15(8-10-16)20(29)28-18(14-5-3-13(12-23)4-6-14)19-17(21(24,25)26)2-1-11-27-19/h1-11,18H,12H2,(H,28,29)/t18-/m0/s1. The van der Waals surface area contributed by atoms with E-state index in [0.29, 0.717) is 16.1 Å². The van der Waals surface area contributed by atoms with Crippen molar-refractivity contribution >= 4 is 17.5 Å². The summed E-state index contributed by atoms with van der Waals surface area (Å²) in [5.74, 6) is -0.597. The predicted molar refractivity (Wildman–Crippen MR) is 101 cm³/mol. The van der Waals surface area contributed by atoms with Crippen LogP contribution in [0.25, 0.3) is 0 Å². The fraction of sp³-hybridized carbons (Fsp3) is 0.143. The maximum absolute atomic E-state index is 13.5. The van der Waals surface area contributed by atoms with Crippen molar-refractivity contribution in [3.63, 3.8) is 0 Å². The number of nitrogens with one attached hydrogen (secondary N) is 1. The number of benzene rings is 2. The Morgan fingerprint density at radius 1 is 1.03 bits per heavy atom. The Hall–Kier alpha value is -2.93. The molecule has 0 aliphatic rings. The van der Waals surface area contributed by atoms with Gasteiger partial charge in [0.05, 0.1) is 17.3 Å². The van der Waals surface area contributed by atoms with Gasteiger partial charge in [0.1, 0.15) is 6.67 Å². The number of hydrogen-bond acceptors (Lipinski definition) is 2. The van der Waals surface area contributed by atoms with Crippen LogP contribution >= 0.6 is 11.6 Å². The van der Waals surface area contributed by atoms with Gasteiger partial charge < -0.3 is 5.32 Å². The molecule has 150 valence electrons. The first-order valence-electron chi connectivity index (χ1n) is 8.53. The second-order valence-corrected chi connectivity index (χ2v) is 6.66. The number of hydrogen-bond donors (Lipinski definition) is 1. The lowest BCUT2D eigenvalue weighted by Gasteiger charge is -2.22. The molecule has 0 spiro atoms. The summed E-state index contributed by atoms with van der Waals surface area (Å²) in [5, 5.41) is 3.02. The molecule has 1 aromatic heterocycles. The Morgan fingerprint density at radius 2 is 1.69 bits per heavy atom. The average molecular weight is 423 g/mol. The van der Waals surface area contributed by atoms with Crippen molar-refractivity contribution < 1.29 is 22.4 Å². The van der Waals surface area contributed by atoms with Gasteiger partial charge in [-0.2, -0.15) is 13.2 Å². The highest BCUT2D eigenvalue weighted by Gasteiger charge is 2.37. The topological polar surface area (TPSA) is 42.0 Å². The van der Waals surface area contributed by atoms with Gasteiger partial charge in [-0.05, 0) is 47.5 Å². The summed E-state index contributed by atoms with van der Waals surface area (Å²) in [6.45, 7) is -0.709. The zero-order valence-corrected chi connectivity index (χ0v) is 15.6. The molecule has 1 heterocycles. The molecule has 0 saturated heterocycles. The molecule has 3 rings (SSSR count). The third-order valence-electron chi connectivity index (χ3n) is 4.27. The van der Waals surface area contributed by atoms with Crippen LogP contribution in [0, 0.1) is 0 Å². The Bertz CT molecular complexity index is 989. The normalized spacial score (nSPS) is 12.4. The van der Waals surface area contributed by atoms with Crippen LogP contribution in [0.1, 0.15) is 38.8 Å². The summed E-state index contributed by atoms with van der Waals surface area (Å²) in [4.78, 5) is 16.6. The maximum Gasteiger partial charge on any atom is 0.418 e. The van der Waals surface area contributed by atoms with Crippen LogP contribution in [0.3, 0.4) is 0 Å². The largest absolute Gasteiger partial charge is 0.418 e. The van der Waals surface area contributed by atoms with Crippen LogP contribution < -0.4 is 5.32 Å². The third-order valence-corrected chi connectivity index (χ3v) is 4.52. The highest BCUT2D eigenvalue weighted by atomic mass is 35.5. The predicted octanol–water partition coefficient (Wildman–Crippen LogP) is 5.74. The third kappa shape index (κ3) is 4.92. The van der Waals surface area contributed by atoms with Gasteiger partial charge in [-0.25, -0.2) is 4.39 Å². The molecule has 0 unspecified atom stereocenters. The van der Waals surface area contributed by atoms with E-state index < -0.39 is 30.4 Å². The van der Waals surface area contributed by atoms with Gasteiger partial charge in [0.15, 0.2) is 0 Å². The molecule has 0 radical (unpaired) electrons. The number of aromatic nitrogens is 1. The number of rotatable bonds is 5. The van der Waals surface area contributed by atoms with E-state index in [1.165, 1.54) is 60.8 Å². The smallest absolute Gasteiger partial charge is 0.340 e. The first-order chi connectivity index (χ1) is 13.8. The Labute approximate surface area is 169 Å². The minimum absolute atomic E-state index is 0.226. The van der Waals surface area contributed by atoms with E-state index in [-0.39, 0.29) is 11.3 Å². The number of alkyl halides is 4. The van der Waals surface area contributed by atoms with Crippen LogP contribution in [0.2, 0.25) is 5.02 Å². The van der Waals surface area contributed by atoms with Crippen LogP contribution in [0.15, 0.2) is 66.9 Å². The fourth-order valence-electron chi connectivity index (χ4n) is 2.81. The number of nitrogens with zero attached hydrogens (tertiary/aromatic N) is 1. The number of amides is 1. The van der Waals surface area contributed by atoms with Gasteiger partial charge in [-0.3, -0.25) is 9.78 Å². The second-order valence-electron chi connectivity index (χ2n) is 6.22. The van der Waals surface area contributed by atoms with E-state index in [4.69, 9.17) is 11.6 Å². The summed E-state index contributed by atoms with van der Waals surface area (Å²) < 4.78 is 53.4. The van der Waals surface area contributed by atoms with Crippen LogP contribution in [0.4, 0.5) is 17.6 Å². The van der Waals surface area contributed by atoms with Gasteiger partial charge in [-0.15, -0.1) is 0 Å². The number of pyridine rings is 1. The molecular formula is C21H15ClF4N2O. The SMILES string of the molecule is O=C(N[C@@H](c1ccc(CF)cc1)c1ncccc1C(F)(F)F)c1ccc(Cl)cc1. The Balaban J connectivity index is 2.05. The first kappa shape index (κ1) is 20.8. The quantitative estimate of drug-likeness (QED) is 0.532. The molecule has 0 saturated carbocycles. The lowest BCUT2D eigenvalue weighted by Crippen LogP contribution is -2.31. The monoisotopic (exact) mass is 422 g/mol. The highest BCUT2D eigenvalue weighted by molar-refractivity contribution is 6.30. The number of carbonyl (C=O) groups excluding carboxylic acids is 1. The van der Waals surface area contributed by atoms with Gasteiger partial charge in [-0.1, -0.05) is 35.9 Å². The summed E-state index contributed by atoms with van der Waals surface area (Å²) in [6.07, 6.45) is -3.44. The van der Waals surface area contributed by atoms with Gasteiger partial charge >= 0.3 is 6.18 Å². The lowest BCUT2D eigenvalue weighted by molar-refractivity contribution is -0.138. The van der Waals surface area contributed by atoms with Crippen molar-refractivity contribution in [2.45, 2.75) is 18.9 Å². The van der Waals surface area contributed by atoms with Crippen molar-refractivity contribution in [3.8, 4) is 0 Å². The molecule has 0 aliphatic carbocycles. The summed E-state index contributed by atoms with van der Waals surface area (Å²) >= 11 is 5.82. The minimum atomic E-state index is -4.66. The van der Waals surface area contributed by atoms with E-state index in [1.807, 2.05) is 0 Å². The number of halogens is 5. The molecule has 0 bridgehead atoms. The van der Waals surface area contributed by atoms with E-state index in [2.05, 4.69) is 10.3 Å². The van der Waals surface area contributed by atoms with E-state index in [9.17, 15) is 22.4 Å². The highest BCUT2D eigenvalue weighted by Crippen LogP contribution is 2.35. The molecule has 29 heavy (non-hydrogen) atoms. The molecule has 1 atom stereocenters. The summed E-state index contributed by atoms with van der Waals surface area (Å²) in [5.41, 5.74) is -0.377. The zero-order valence-electron chi connectivity index (χ0n) is 14.9. The van der Waals surface area contributed by atoms with Gasteiger partial charge in [0.25, 0.3) is 5.91 Å². The molecular weight excluding hydrogens is 408 g/mol. The van der Waals surface area contributed by atoms with Crippen LogP contribution in [-0.4, -0.2) is 10.9 Å². The molecule has 3 nitrogen and oxygen atoms in total. The molecule has 0 aliphatic heterocycles. The van der Waals surface area contributed by atoms with E-state index >= 15 is 0 Å². The second kappa shape index (κ2) is 8.61. The molecule has 1 N–H and O–H groups in total. The van der Waals surface area contributed by atoms with Crippen molar-refractivity contribution in [1.29, 1.82) is 0 Å². The average Bonchev–Trinajstić information content (AvgIpc) is 2.72. The van der Waals surface area contributed by atoms with Crippen LogP contribution in [0.5, 0.6) is 0 Å². The van der Waals surface area contributed by atoms with E-state index in [0.717, 1.165) is 6.07 Å². The first-order valence-corrected chi connectivity index (χ1v) is 8.90.